The minimum atomic E-state index is -0.00950. The van der Waals surface area contributed by atoms with Crippen LogP contribution in [0.3, 0.4) is 0 Å². The summed E-state index contributed by atoms with van der Waals surface area (Å²) in [6.07, 6.45) is 3.95. The number of nitrogens with two attached hydrogens (primary N) is 1. The van der Waals surface area contributed by atoms with Gasteiger partial charge >= 0.3 is 0 Å². The molecule has 0 saturated carbocycles. The van der Waals surface area contributed by atoms with Crippen molar-refractivity contribution >= 4 is 17.6 Å². The Morgan fingerprint density at radius 3 is 3.07 bits per heavy atom. The Morgan fingerprint density at radius 1 is 1.64 bits per heavy atom. The molecular weight excluding hydrogens is 196 g/mol. The van der Waals surface area contributed by atoms with Crippen LogP contribution in [0.4, 0.5) is 0 Å². The molecule has 0 atom stereocenters. The average molecular weight is 210 g/mol. The molecule has 0 radical (unpaired) electrons. The number of nitrogens with zero attached hydrogens (tertiary/aromatic N) is 2. The predicted molar refractivity (Wildman–Crippen MR) is 58.7 cm³/mol. The normalized spacial score (nSPS) is 10.1. The van der Waals surface area contributed by atoms with Crippen LogP contribution in [-0.2, 0) is 0 Å². The average Bonchev–Trinajstić information content (AvgIpc) is 2.19. The second-order valence-electron chi connectivity index (χ2n) is 2.84. The van der Waals surface area contributed by atoms with E-state index in [4.69, 9.17) is 11.1 Å². The first-order valence-electron chi connectivity index (χ1n) is 4.54. The third kappa shape index (κ3) is 3.33. The highest BCUT2D eigenvalue weighted by Gasteiger charge is 2.01. The number of thioether (sulfide) groups is 1. The molecule has 3 N–H and O–H groups in total. The number of rotatable bonds is 5. The first-order valence-corrected chi connectivity index (χ1v) is 5.53. The number of unbranched alkanes of at least 4 members (excludes halogenated alkanes) is 1. The standard InChI is InChI=1S/C9H14N4S/c1-2-3-6-14-9-12-5-4-7(13-9)8(10)11/h4-5H,2-3,6H2,1H3,(H3,10,11). The lowest BCUT2D eigenvalue weighted by molar-refractivity contribution is 0.887. The summed E-state index contributed by atoms with van der Waals surface area (Å²) in [6.45, 7) is 2.15. The van der Waals surface area contributed by atoms with Gasteiger partial charge < -0.3 is 5.73 Å². The number of hydrogen-bond acceptors (Lipinski definition) is 4. The van der Waals surface area contributed by atoms with Crippen LogP contribution < -0.4 is 5.73 Å². The second kappa shape index (κ2) is 5.59. The maximum absolute atomic E-state index is 7.22. The van der Waals surface area contributed by atoms with Gasteiger partial charge in [-0.3, -0.25) is 5.41 Å². The molecule has 0 aliphatic rings. The summed E-state index contributed by atoms with van der Waals surface area (Å²) in [6, 6.07) is 1.65. The highest BCUT2D eigenvalue weighted by atomic mass is 32.2. The van der Waals surface area contributed by atoms with Gasteiger partial charge in [-0.05, 0) is 12.5 Å². The van der Waals surface area contributed by atoms with Crippen molar-refractivity contribution in [2.45, 2.75) is 24.9 Å². The number of nitrogen functional groups attached to an aromatic ring is 1. The fraction of sp³-hybridized carbons (Fsp3) is 0.444. The van der Waals surface area contributed by atoms with Crippen LogP contribution in [-0.4, -0.2) is 21.6 Å². The highest BCUT2D eigenvalue weighted by molar-refractivity contribution is 7.99. The van der Waals surface area contributed by atoms with Crippen molar-refractivity contribution in [1.29, 1.82) is 5.41 Å². The van der Waals surface area contributed by atoms with Gasteiger partial charge in [0.1, 0.15) is 11.5 Å². The molecule has 0 fully saturated rings. The summed E-state index contributed by atoms with van der Waals surface area (Å²) in [7, 11) is 0. The molecule has 14 heavy (non-hydrogen) atoms. The first-order chi connectivity index (χ1) is 6.74. The Morgan fingerprint density at radius 2 is 2.43 bits per heavy atom. The minimum Gasteiger partial charge on any atom is -0.382 e. The maximum Gasteiger partial charge on any atom is 0.188 e. The van der Waals surface area contributed by atoms with Gasteiger partial charge in [-0.15, -0.1) is 0 Å². The van der Waals surface area contributed by atoms with Crippen LogP contribution in [0.15, 0.2) is 17.4 Å². The number of amidine groups is 1. The van der Waals surface area contributed by atoms with E-state index in [2.05, 4.69) is 16.9 Å². The van der Waals surface area contributed by atoms with E-state index in [1.165, 1.54) is 6.42 Å². The predicted octanol–water partition coefficient (Wildman–Crippen LogP) is 1.65. The smallest absolute Gasteiger partial charge is 0.188 e. The summed E-state index contributed by atoms with van der Waals surface area (Å²) in [4.78, 5) is 8.24. The Kier molecular flexibility index (Phi) is 4.39. The van der Waals surface area contributed by atoms with E-state index in [0.29, 0.717) is 10.9 Å². The zero-order valence-electron chi connectivity index (χ0n) is 8.16. The molecule has 0 spiro atoms. The lowest BCUT2D eigenvalue weighted by atomic mass is 10.4. The lowest BCUT2D eigenvalue weighted by Gasteiger charge is -2.00. The topological polar surface area (TPSA) is 75.7 Å². The van der Waals surface area contributed by atoms with E-state index in [9.17, 15) is 0 Å². The summed E-state index contributed by atoms with van der Waals surface area (Å²) < 4.78 is 0. The van der Waals surface area contributed by atoms with Crippen molar-refractivity contribution in [1.82, 2.24) is 9.97 Å². The van der Waals surface area contributed by atoms with Gasteiger partial charge in [0.05, 0.1) is 0 Å². The van der Waals surface area contributed by atoms with Gasteiger partial charge in [0.25, 0.3) is 0 Å². The lowest BCUT2D eigenvalue weighted by Crippen LogP contribution is -2.13. The van der Waals surface area contributed by atoms with Crippen LogP contribution in [0.2, 0.25) is 0 Å². The summed E-state index contributed by atoms with van der Waals surface area (Å²) in [5.74, 6) is 1.00. The molecule has 1 heterocycles. The van der Waals surface area contributed by atoms with Crippen LogP contribution in [0.5, 0.6) is 0 Å². The molecule has 0 aromatic carbocycles. The van der Waals surface area contributed by atoms with Crippen molar-refractivity contribution in [2.24, 2.45) is 5.73 Å². The molecule has 4 nitrogen and oxygen atoms in total. The van der Waals surface area contributed by atoms with Gasteiger partial charge in [0.2, 0.25) is 0 Å². The summed E-state index contributed by atoms with van der Waals surface area (Å²) >= 11 is 1.60. The van der Waals surface area contributed by atoms with Crippen molar-refractivity contribution in [2.75, 3.05) is 5.75 Å². The third-order valence-corrected chi connectivity index (χ3v) is 2.59. The number of aromatic nitrogens is 2. The fourth-order valence-electron chi connectivity index (χ4n) is 0.868. The fourth-order valence-corrected chi connectivity index (χ4v) is 1.78. The van der Waals surface area contributed by atoms with Crippen molar-refractivity contribution < 1.29 is 0 Å². The zero-order valence-corrected chi connectivity index (χ0v) is 8.97. The Balaban J connectivity index is 2.59. The summed E-state index contributed by atoms with van der Waals surface area (Å²) in [5, 5.41) is 7.92. The summed E-state index contributed by atoms with van der Waals surface area (Å²) in [5.41, 5.74) is 5.82. The molecule has 1 rings (SSSR count). The van der Waals surface area contributed by atoms with Crippen molar-refractivity contribution in [3.8, 4) is 0 Å². The highest BCUT2D eigenvalue weighted by Crippen LogP contribution is 2.13. The molecule has 0 unspecified atom stereocenters. The largest absolute Gasteiger partial charge is 0.382 e. The Hall–Kier alpha value is -1.10. The minimum absolute atomic E-state index is 0.00950. The van der Waals surface area contributed by atoms with Crippen LogP contribution in [0.1, 0.15) is 25.5 Å². The van der Waals surface area contributed by atoms with E-state index in [1.54, 1.807) is 24.0 Å². The molecule has 0 aliphatic carbocycles. The van der Waals surface area contributed by atoms with Gasteiger partial charge in [-0.25, -0.2) is 9.97 Å². The molecule has 1 aromatic heterocycles. The van der Waals surface area contributed by atoms with E-state index in [1.807, 2.05) is 0 Å². The molecule has 5 heteroatoms. The zero-order chi connectivity index (χ0) is 10.4. The van der Waals surface area contributed by atoms with E-state index in [0.717, 1.165) is 12.2 Å². The Labute approximate surface area is 87.8 Å². The van der Waals surface area contributed by atoms with Gasteiger partial charge in [0.15, 0.2) is 5.16 Å². The quantitative estimate of drug-likeness (QED) is 0.255. The van der Waals surface area contributed by atoms with Crippen LogP contribution in [0, 0.1) is 5.41 Å². The van der Waals surface area contributed by atoms with E-state index >= 15 is 0 Å². The molecule has 0 aliphatic heterocycles. The van der Waals surface area contributed by atoms with Crippen LogP contribution in [0.25, 0.3) is 0 Å². The molecule has 0 amide bonds. The molecule has 0 saturated heterocycles. The molecule has 76 valence electrons. The molecular formula is C9H14N4S. The van der Waals surface area contributed by atoms with E-state index in [-0.39, 0.29) is 5.84 Å². The van der Waals surface area contributed by atoms with Gasteiger partial charge in [-0.2, -0.15) is 0 Å². The van der Waals surface area contributed by atoms with E-state index < -0.39 is 0 Å². The van der Waals surface area contributed by atoms with Crippen molar-refractivity contribution in [3.05, 3.63) is 18.0 Å². The van der Waals surface area contributed by atoms with Crippen LogP contribution >= 0.6 is 11.8 Å². The Bertz CT molecular complexity index is 313. The SMILES string of the molecule is CCCCSc1nccc(C(=N)N)n1. The third-order valence-electron chi connectivity index (χ3n) is 1.64. The molecule has 1 aromatic rings. The number of hydrogen-bond donors (Lipinski definition) is 2. The number of nitrogens with one attached hydrogen (secondary N) is 1. The van der Waals surface area contributed by atoms with Gasteiger partial charge in [-0.1, -0.05) is 25.1 Å². The van der Waals surface area contributed by atoms with Crippen molar-refractivity contribution in [3.63, 3.8) is 0 Å². The van der Waals surface area contributed by atoms with Gasteiger partial charge in [0, 0.05) is 11.9 Å². The monoisotopic (exact) mass is 210 g/mol. The molecule has 0 bridgehead atoms. The first kappa shape index (κ1) is 11.0. The second-order valence-corrected chi connectivity index (χ2v) is 3.90. The maximum atomic E-state index is 7.22.